The molecule has 150 valence electrons. The van der Waals surface area contributed by atoms with Crippen LogP contribution in [0.2, 0.25) is 0 Å². The number of hydrogen-bond donors (Lipinski definition) is 3. The molecular weight excluding hydrogens is 362 g/mol. The maximum atomic E-state index is 12.9. The third-order valence-electron chi connectivity index (χ3n) is 5.17. The Balaban J connectivity index is 1.78. The van der Waals surface area contributed by atoms with Crippen LogP contribution in [0.15, 0.2) is 24.3 Å². The Bertz CT molecular complexity index is 909. The van der Waals surface area contributed by atoms with E-state index in [-0.39, 0.29) is 5.92 Å². The second kappa shape index (κ2) is 7.87. The molecule has 0 bridgehead atoms. The molecule has 3 N–H and O–H groups in total. The van der Waals surface area contributed by atoms with E-state index in [4.69, 9.17) is 5.11 Å². The molecule has 28 heavy (non-hydrogen) atoms. The molecule has 3 rings (SSSR count). The number of carbonyl (C=O) groups is 3. The zero-order valence-corrected chi connectivity index (χ0v) is 16.2. The number of aromatic nitrogens is 2. The molecule has 3 atom stereocenters. The lowest BCUT2D eigenvalue weighted by Crippen LogP contribution is -2.56. The van der Waals surface area contributed by atoms with Crippen molar-refractivity contribution in [1.29, 1.82) is 0 Å². The van der Waals surface area contributed by atoms with Crippen LogP contribution in [0.1, 0.15) is 27.2 Å². The second-order valence-corrected chi connectivity index (χ2v) is 7.09. The van der Waals surface area contributed by atoms with Gasteiger partial charge in [0, 0.05) is 13.1 Å². The summed E-state index contributed by atoms with van der Waals surface area (Å²) in [5.74, 6) is -1.26. The number of anilines is 1. The van der Waals surface area contributed by atoms with E-state index in [0.717, 1.165) is 11.0 Å². The zero-order valence-electron chi connectivity index (χ0n) is 16.2. The first-order chi connectivity index (χ1) is 13.3. The van der Waals surface area contributed by atoms with Crippen molar-refractivity contribution in [3.05, 3.63) is 24.3 Å². The number of amides is 3. The fraction of sp³-hybridized carbons (Fsp3) is 0.474. The van der Waals surface area contributed by atoms with Crippen LogP contribution in [0.3, 0.4) is 0 Å². The number of rotatable bonds is 6. The van der Waals surface area contributed by atoms with Crippen molar-refractivity contribution in [2.75, 3.05) is 11.4 Å². The Hall–Kier alpha value is -3.10. The third-order valence-corrected chi connectivity index (χ3v) is 5.17. The van der Waals surface area contributed by atoms with Crippen molar-refractivity contribution in [3.63, 3.8) is 0 Å². The molecule has 0 spiro atoms. The highest BCUT2D eigenvalue weighted by atomic mass is 16.4. The van der Waals surface area contributed by atoms with Crippen molar-refractivity contribution in [2.24, 2.45) is 5.92 Å². The number of para-hydroxylation sites is 2. The molecular formula is C19H25N5O4. The average Bonchev–Trinajstić information content (AvgIpc) is 3.24. The van der Waals surface area contributed by atoms with Gasteiger partial charge in [0.1, 0.15) is 12.1 Å². The van der Waals surface area contributed by atoms with E-state index < -0.39 is 30.0 Å². The van der Waals surface area contributed by atoms with Gasteiger partial charge in [-0.05, 0) is 25.0 Å². The summed E-state index contributed by atoms with van der Waals surface area (Å²) < 4.78 is 1.97. The molecule has 1 aliphatic rings. The lowest BCUT2D eigenvalue weighted by Gasteiger charge is -2.26. The van der Waals surface area contributed by atoms with Gasteiger partial charge in [0.05, 0.1) is 11.0 Å². The topological polar surface area (TPSA) is 117 Å². The number of carbonyl (C=O) groups excluding carboxylic acids is 2. The van der Waals surface area contributed by atoms with E-state index in [1.54, 1.807) is 0 Å². The number of nitrogens with one attached hydrogen (secondary N) is 2. The second-order valence-electron chi connectivity index (χ2n) is 7.09. The number of nitrogens with zero attached hydrogens (tertiary/aromatic N) is 3. The predicted octanol–water partition coefficient (Wildman–Crippen LogP) is 1.57. The first-order valence-corrected chi connectivity index (χ1v) is 9.40. The number of carboxylic acids is 1. The molecule has 3 amide bonds. The molecule has 9 nitrogen and oxygen atoms in total. The number of carboxylic acid groups (broad SMARTS) is 1. The van der Waals surface area contributed by atoms with Gasteiger partial charge < -0.3 is 20.3 Å². The molecule has 0 saturated carbocycles. The first kappa shape index (κ1) is 19.7. The highest BCUT2D eigenvalue weighted by molar-refractivity contribution is 5.97. The Morgan fingerprint density at radius 2 is 1.89 bits per heavy atom. The van der Waals surface area contributed by atoms with Crippen molar-refractivity contribution in [3.8, 4) is 0 Å². The molecule has 0 aliphatic carbocycles. The van der Waals surface area contributed by atoms with E-state index >= 15 is 0 Å². The fourth-order valence-electron chi connectivity index (χ4n) is 3.26. The summed E-state index contributed by atoms with van der Waals surface area (Å²) in [6.45, 7) is 6.22. The molecule has 1 aliphatic heterocycles. The van der Waals surface area contributed by atoms with E-state index in [9.17, 15) is 14.4 Å². The van der Waals surface area contributed by atoms with Gasteiger partial charge in [0.15, 0.2) is 0 Å². The molecule has 9 heteroatoms. The Morgan fingerprint density at radius 1 is 1.18 bits per heavy atom. The van der Waals surface area contributed by atoms with Crippen LogP contribution < -0.4 is 15.5 Å². The minimum Gasteiger partial charge on any atom is -0.480 e. The standard InChI is InChI=1S/C19H25N5O4/c1-4-11(2)15(16(25)20-12(3)17(26)27)22-19(28)24-10-9-23-14-8-6-5-7-13(14)21-18(23)24/h5-8,11-12,15H,4,9-10H2,1-3H3,(H,20,25)(H,22,28)(H,26,27)/t11-,12-,15-/m0/s1. The minimum atomic E-state index is -1.13. The molecule has 2 heterocycles. The van der Waals surface area contributed by atoms with Gasteiger partial charge in [-0.15, -0.1) is 0 Å². The highest BCUT2D eigenvalue weighted by Crippen LogP contribution is 2.27. The lowest BCUT2D eigenvalue weighted by molar-refractivity contribution is -0.141. The molecule has 1 aromatic carbocycles. The summed E-state index contributed by atoms with van der Waals surface area (Å²) >= 11 is 0. The number of imidazole rings is 1. The van der Waals surface area contributed by atoms with Gasteiger partial charge in [-0.3, -0.25) is 14.5 Å². The van der Waals surface area contributed by atoms with Crippen molar-refractivity contribution in [2.45, 2.75) is 45.8 Å². The van der Waals surface area contributed by atoms with Crippen LogP contribution in [-0.2, 0) is 16.1 Å². The van der Waals surface area contributed by atoms with Gasteiger partial charge in [-0.25, -0.2) is 9.78 Å². The summed E-state index contributed by atoms with van der Waals surface area (Å²) in [4.78, 5) is 42.6. The number of benzene rings is 1. The van der Waals surface area contributed by atoms with E-state index in [1.807, 2.05) is 42.7 Å². The van der Waals surface area contributed by atoms with Gasteiger partial charge in [-0.1, -0.05) is 32.4 Å². The van der Waals surface area contributed by atoms with Crippen molar-refractivity contribution >= 4 is 34.9 Å². The Labute approximate surface area is 162 Å². The molecule has 0 saturated heterocycles. The molecule has 0 unspecified atom stereocenters. The predicted molar refractivity (Wildman–Crippen MR) is 104 cm³/mol. The summed E-state index contributed by atoms with van der Waals surface area (Å²) in [5.41, 5.74) is 1.76. The minimum absolute atomic E-state index is 0.161. The van der Waals surface area contributed by atoms with Crippen molar-refractivity contribution in [1.82, 2.24) is 20.2 Å². The van der Waals surface area contributed by atoms with E-state index in [2.05, 4.69) is 15.6 Å². The number of hydrogen-bond acceptors (Lipinski definition) is 4. The van der Waals surface area contributed by atoms with Crippen LogP contribution in [0.5, 0.6) is 0 Å². The number of urea groups is 1. The monoisotopic (exact) mass is 387 g/mol. The quantitative estimate of drug-likeness (QED) is 0.696. The van der Waals surface area contributed by atoms with Gasteiger partial charge in [-0.2, -0.15) is 0 Å². The average molecular weight is 387 g/mol. The fourth-order valence-corrected chi connectivity index (χ4v) is 3.26. The smallest absolute Gasteiger partial charge is 0.325 e. The normalized spacial score (nSPS) is 16.3. The first-order valence-electron chi connectivity index (χ1n) is 9.40. The van der Waals surface area contributed by atoms with E-state index in [1.165, 1.54) is 11.8 Å². The summed E-state index contributed by atoms with van der Waals surface area (Å²) in [5, 5.41) is 14.2. The van der Waals surface area contributed by atoms with Crippen LogP contribution in [0.25, 0.3) is 11.0 Å². The summed E-state index contributed by atoms with van der Waals surface area (Å²) in [6, 6.07) is 5.37. The number of aliphatic carboxylic acids is 1. The molecule has 0 fully saturated rings. The van der Waals surface area contributed by atoms with Crippen LogP contribution in [-0.4, -0.2) is 51.2 Å². The largest absolute Gasteiger partial charge is 0.480 e. The van der Waals surface area contributed by atoms with Crippen LogP contribution >= 0.6 is 0 Å². The third kappa shape index (κ3) is 3.64. The van der Waals surface area contributed by atoms with Crippen molar-refractivity contribution < 1.29 is 19.5 Å². The molecule has 0 radical (unpaired) electrons. The van der Waals surface area contributed by atoms with Crippen LogP contribution in [0.4, 0.5) is 10.7 Å². The van der Waals surface area contributed by atoms with E-state index in [0.29, 0.717) is 25.5 Å². The SMILES string of the molecule is CC[C@H](C)[C@H](NC(=O)N1CCn2c1nc1ccccc12)C(=O)N[C@@H](C)C(=O)O. The highest BCUT2D eigenvalue weighted by Gasteiger charge is 2.33. The number of fused-ring (bicyclic) bond motifs is 3. The zero-order chi connectivity index (χ0) is 20.4. The maximum absolute atomic E-state index is 12.9. The molecule has 2 aromatic rings. The summed E-state index contributed by atoms with van der Waals surface area (Å²) in [6.07, 6.45) is 0.651. The molecule has 1 aromatic heterocycles. The maximum Gasteiger partial charge on any atom is 0.325 e. The van der Waals surface area contributed by atoms with Gasteiger partial charge in [0.2, 0.25) is 11.9 Å². The lowest BCUT2D eigenvalue weighted by atomic mass is 9.98. The van der Waals surface area contributed by atoms with Gasteiger partial charge in [0.25, 0.3) is 0 Å². The Kier molecular flexibility index (Phi) is 5.53. The van der Waals surface area contributed by atoms with Gasteiger partial charge >= 0.3 is 12.0 Å². The Morgan fingerprint density at radius 3 is 2.57 bits per heavy atom. The van der Waals surface area contributed by atoms with Crippen LogP contribution in [0, 0.1) is 5.92 Å². The summed E-state index contributed by atoms with van der Waals surface area (Å²) in [7, 11) is 0.